The predicted octanol–water partition coefficient (Wildman–Crippen LogP) is 1.72. The van der Waals surface area contributed by atoms with E-state index in [0.29, 0.717) is 6.04 Å². The first-order valence-electron chi connectivity index (χ1n) is 7.12. The third-order valence-corrected chi connectivity index (χ3v) is 4.55. The summed E-state index contributed by atoms with van der Waals surface area (Å²) in [6, 6.07) is 8.18. The summed E-state index contributed by atoms with van der Waals surface area (Å²) in [6.45, 7) is 0. The van der Waals surface area contributed by atoms with Gasteiger partial charge in [0.15, 0.2) is 0 Å². The van der Waals surface area contributed by atoms with Crippen LogP contribution in [0.25, 0.3) is 10.9 Å². The van der Waals surface area contributed by atoms with E-state index in [4.69, 9.17) is 5.73 Å². The van der Waals surface area contributed by atoms with E-state index in [1.165, 1.54) is 0 Å². The van der Waals surface area contributed by atoms with Gasteiger partial charge in [-0.25, -0.2) is 9.97 Å². The number of nitrogens with two attached hydrogens (primary N) is 1. The van der Waals surface area contributed by atoms with Gasteiger partial charge in [0.2, 0.25) is 5.91 Å². The summed E-state index contributed by atoms with van der Waals surface area (Å²) in [4.78, 5) is 20.0. The largest absolute Gasteiger partial charge is 0.368 e. The standard InChI is InChI=1S/C15H18N4OS/c16-14(20)13(19-10-5-6-10)7-8-21-15-11-3-1-2-4-12(11)17-9-18-15/h1-4,9-10,13,19H,5-8H2,(H2,16,20). The van der Waals surface area contributed by atoms with E-state index in [-0.39, 0.29) is 11.9 Å². The highest BCUT2D eigenvalue weighted by Gasteiger charge is 2.26. The Bertz CT molecular complexity index is 639. The van der Waals surface area contributed by atoms with Gasteiger partial charge in [0.25, 0.3) is 0 Å². The number of benzene rings is 1. The number of para-hydroxylation sites is 1. The Kier molecular flexibility index (Phi) is 4.36. The molecule has 0 aliphatic heterocycles. The molecule has 1 aromatic carbocycles. The van der Waals surface area contributed by atoms with E-state index in [1.807, 2.05) is 24.3 Å². The molecule has 1 aliphatic rings. The van der Waals surface area contributed by atoms with Gasteiger partial charge in [-0.05, 0) is 25.3 Å². The van der Waals surface area contributed by atoms with Crippen molar-refractivity contribution in [1.29, 1.82) is 0 Å². The second-order valence-corrected chi connectivity index (χ2v) is 6.31. The number of nitrogens with one attached hydrogen (secondary N) is 1. The van der Waals surface area contributed by atoms with Gasteiger partial charge >= 0.3 is 0 Å². The number of amides is 1. The Morgan fingerprint density at radius 1 is 1.38 bits per heavy atom. The molecule has 1 saturated carbocycles. The first-order chi connectivity index (χ1) is 10.2. The zero-order valence-electron chi connectivity index (χ0n) is 11.7. The third kappa shape index (κ3) is 3.71. The maximum Gasteiger partial charge on any atom is 0.234 e. The number of fused-ring (bicyclic) bond motifs is 1. The average Bonchev–Trinajstić information content (AvgIpc) is 3.30. The molecular weight excluding hydrogens is 284 g/mol. The molecule has 0 bridgehead atoms. The maximum absolute atomic E-state index is 11.4. The summed E-state index contributed by atoms with van der Waals surface area (Å²) < 4.78 is 0. The number of carbonyl (C=O) groups is 1. The van der Waals surface area contributed by atoms with Gasteiger partial charge in [-0.15, -0.1) is 11.8 Å². The van der Waals surface area contributed by atoms with Gasteiger partial charge in [0, 0.05) is 17.2 Å². The van der Waals surface area contributed by atoms with Crippen molar-refractivity contribution in [2.45, 2.75) is 36.4 Å². The highest BCUT2D eigenvalue weighted by molar-refractivity contribution is 7.99. The Morgan fingerprint density at radius 2 is 2.19 bits per heavy atom. The number of aromatic nitrogens is 2. The third-order valence-electron chi connectivity index (χ3n) is 3.51. The van der Waals surface area contributed by atoms with Crippen molar-refractivity contribution in [3.8, 4) is 0 Å². The topological polar surface area (TPSA) is 80.9 Å². The summed E-state index contributed by atoms with van der Waals surface area (Å²) in [5.41, 5.74) is 6.39. The first-order valence-corrected chi connectivity index (χ1v) is 8.10. The molecule has 1 heterocycles. The molecule has 3 N–H and O–H groups in total. The lowest BCUT2D eigenvalue weighted by Crippen LogP contribution is -2.42. The van der Waals surface area contributed by atoms with Gasteiger partial charge in [0.1, 0.15) is 11.4 Å². The van der Waals surface area contributed by atoms with Crippen molar-refractivity contribution in [3.63, 3.8) is 0 Å². The van der Waals surface area contributed by atoms with Gasteiger partial charge in [-0.3, -0.25) is 4.79 Å². The molecule has 3 rings (SSSR count). The number of hydrogen-bond acceptors (Lipinski definition) is 5. The lowest BCUT2D eigenvalue weighted by molar-refractivity contribution is -0.120. The molecule has 2 aromatic rings. The normalized spacial score (nSPS) is 16.0. The summed E-state index contributed by atoms with van der Waals surface area (Å²) in [5, 5.41) is 5.30. The van der Waals surface area contributed by atoms with Crippen LogP contribution < -0.4 is 11.1 Å². The summed E-state index contributed by atoms with van der Waals surface area (Å²) in [7, 11) is 0. The molecule has 1 fully saturated rings. The van der Waals surface area contributed by atoms with Gasteiger partial charge in [-0.1, -0.05) is 18.2 Å². The van der Waals surface area contributed by atoms with E-state index < -0.39 is 0 Å². The number of nitrogens with zero attached hydrogens (tertiary/aromatic N) is 2. The Balaban J connectivity index is 1.61. The molecule has 110 valence electrons. The maximum atomic E-state index is 11.4. The van der Waals surface area contributed by atoms with Crippen LogP contribution in [0.3, 0.4) is 0 Å². The fourth-order valence-corrected chi connectivity index (χ4v) is 3.21. The minimum absolute atomic E-state index is 0.238. The first kappa shape index (κ1) is 14.3. The number of hydrogen-bond donors (Lipinski definition) is 2. The SMILES string of the molecule is NC(=O)C(CCSc1ncnc2ccccc12)NC1CC1. The van der Waals surface area contributed by atoms with E-state index in [9.17, 15) is 4.79 Å². The number of primary amides is 1. The summed E-state index contributed by atoms with van der Waals surface area (Å²) in [5.74, 6) is 0.531. The van der Waals surface area contributed by atoms with Gasteiger partial charge < -0.3 is 11.1 Å². The van der Waals surface area contributed by atoms with Crippen LogP contribution in [-0.2, 0) is 4.79 Å². The van der Waals surface area contributed by atoms with Crippen LogP contribution in [0.1, 0.15) is 19.3 Å². The van der Waals surface area contributed by atoms with Crippen molar-refractivity contribution in [2.24, 2.45) is 5.73 Å². The van der Waals surface area contributed by atoms with E-state index in [1.54, 1.807) is 18.1 Å². The summed E-state index contributed by atoms with van der Waals surface area (Å²) >= 11 is 1.64. The molecule has 1 amide bonds. The summed E-state index contributed by atoms with van der Waals surface area (Å²) in [6.07, 6.45) is 4.59. The average molecular weight is 302 g/mol. The van der Waals surface area contributed by atoms with Crippen LogP contribution in [-0.4, -0.2) is 33.7 Å². The van der Waals surface area contributed by atoms with Crippen LogP contribution in [0.15, 0.2) is 35.6 Å². The van der Waals surface area contributed by atoms with Crippen LogP contribution in [0.5, 0.6) is 0 Å². The fourth-order valence-electron chi connectivity index (χ4n) is 2.21. The fraction of sp³-hybridized carbons (Fsp3) is 0.400. The molecule has 0 spiro atoms. The molecule has 5 nitrogen and oxygen atoms in total. The second-order valence-electron chi connectivity index (χ2n) is 5.23. The van der Waals surface area contributed by atoms with Crippen LogP contribution >= 0.6 is 11.8 Å². The molecule has 0 radical (unpaired) electrons. The Labute approximate surface area is 127 Å². The number of rotatable bonds is 7. The van der Waals surface area contributed by atoms with Crippen molar-refractivity contribution in [1.82, 2.24) is 15.3 Å². The number of carbonyl (C=O) groups excluding carboxylic acids is 1. The van der Waals surface area contributed by atoms with Crippen molar-refractivity contribution in [2.75, 3.05) is 5.75 Å². The molecule has 1 unspecified atom stereocenters. The van der Waals surface area contributed by atoms with Gasteiger partial charge in [-0.2, -0.15) is 0 Å². The molecule has 1 aliphatic carbocycles. The Hall–Kier alpha value is -1.66. The number of thioether (sulfide) groups is 1. The van der Waals surface area contributed by atoms with E-state index >= 15 is 0 Å². The zero-order valence-corrected chi connectivity index (χ0v) is 12.5. The molecular formula is C15H18N4OS. The monoisotopic (exact) mass is 302 g/mol. The van der Waals surface area contributed by atoms with Gasteiger partial charge in [0.05, 0.1) is 11.6 Å². The minimum atomic E-state index is -0.268. The van der Waals surface area contributed by atoms with Crippen LogP contribution in [0, 0.1) is 0 Å². The van der Waals surface area contributed by atoms with Crippen molar-refractivity contribution < 1.29 is 4.79 Å². The molecule has 6 heteroatoms. The highest BCUT2D eigenvalue weighted by atomic mass is 32.2. The van der Waals surface area contributed by atoms with E-state index in [0.717, 1.165) is 40.9 Å². The molecule has 0 saturated heterocycles. The smallest absolute Gasteiger partial charge is 0.234 e. The lowest BCUT2D eigenvalue weighted by Gasteiger charge is -2.14. The van der Waals surface area contributed by atoms with Crippen LogP contribution in [0.2, 0.25) is 0 Å². The predicted molar refractivity (Wildman–Crippen MR) is 84.0 cm³/mol. The Morgan fingerprint density at radius 3 is 2.95 bits per heavy atom. The second kappa shape index (κ2) is 6.41. The van der Waals surface area contributed by atoms with E-state index in [2.05, 4.69) is 15.3 Å². The molecule has 21 heavy (non-hydrogen) atoms. The minimum Gasteiger partial charge on any atom is -0.368 e. The zero-order chi connectivity index (χ0) is 14.7. The lowest BCUT2D eigenvalue weighted by atomic mass is 10.2. The van der Waals surface area contributed by atoms with Crippen LogP contribution in [0.4, 0.5) is 0 Å². The molecule has 1 aromatic heterocycles. The quantitative estimate of drug-likeness (QED) is 0.601. The van der Waals surface area contributed by atoms with Crippen molar-refractivity contribution in [3.05, 3.63) is 30.6 Å². The van der Waals surface area contributed by atoms with Crippen molar-refractivity contribution >= 4 is 28.6 Å². The highest BCUT2D eigenvalue weighted by Crippen LogP contribution is 2.25. The molecule has 1 atom stereocenters.